The van der Waals surface area contributed by atoms with Crippen LogP contribution in [-0.2, 0) is 32.3 Å². The van der Waals surface area contributed by atoms with Crippen molar-refractivity contribution in [2.75, 3.05) is 26.3 Å². The highest BCUT2D eigenvalue weighted by atomic mass is 32.2. The summed E-state index contributed by atoms with van der Waals surface area (Å²) in [5, 5.41) is 13.8. The Bertz CT molecular complexity index is 1430. The molecule has 5 rings (SSSR count). The zero-order chi connectivity index (χ0) is 31.3. The van der Waals surface area contributed by atoms with Crippen LogP contribution in [-0.4, -0.2) is 50.1 Å². The zero-order valence-electron chi connectivity index (χ0n) is 26.2. The Labute approximate surface area is 268 Å². The molecule has 2 N–H and O–H groups in total. The summed E-state index contributed by atoms with van der Waals surface area (Å²) in [7, 11) is -3.19. The fourth-order valence-corrected chi connectivity index (χ4v) is 7.96. The summed E-state index contributed by atoms with van der Waals surface area (Å²) in [5.74, 6) is 0.692. The number of nitrogens with one attached hydrogen (secondary N) is 1. The second-order valence-corrected chi connectivity index (χ2v) is 14.4. The number of hydrogen-bond donors (Lipinski definition) is 2. The molecule has 0 amide bonds. The second-order valence-electron chi connectivity index (χ2n) is 12.2. The van der Waals surface area contributed by atoms with Crippen LogP contribution >= 0.6 is 0 Å². The lowest BCUT2D eigenvalue weighted by Crippen LogP contribution is -2.24. The molecule has 1 aliphatic heterocycles. The van der Waals surface area contributed by atoms with Gasteiger partial charge in [0, 0.05) is 25.3 Å². The maximum absolute atomic E-state index is 12.9. The molecular formula is C36H48N2O6S. The Kier molecular flexibility index (Phi) is 12.8. The first-order chi connectivity index (χ1) is 22.0. The van der Waals surface area contributed by atoms with Gasteiger partial charge in [-0.15, -0.1) is 0 Å². The SMILES string of the molecule is O=S(=O)(c1cccc(CCCCOCCCCCCNCC(O)c2ccc3c(n2)COC(c2ccccc2)O3)c1)C1CCCC1. The van der Waals surface area contributed by atoms with Gasteiger partial charge >= 0.3 is 0 Å². The summed E-state index contributed by atoms with van der Waals surface area (Å²) in [5.41, 5.74) is 3.38. The van der Waals surface area contributed by atoms with E-state index in [-0.39, 0.29) is 5.25 Å². The lowest BCUT2D eigenvalue weighted by atomic mass is 10.1. The first kappa shape index (κ1) is 33.5. The molecule has 45 heavy (non-hydrogen) atoms. The number of nitrogens with zero attached hydrogens (tertiary/aromatic N) is 1. The van der Waals surface area contributed by atoms with E-state index in [2.05, 4.69) is 10.3 Å². The molecule has 9 heteroatoms. The van der Waals surface area contributed by atoms with Crippen LogP contribution in [0, 0.1) is 0 Å². The maximum atomic E-state index is 12.9. The van der Waals surface area contributed by atoms with Gasteiger partial charge in [0.1, 0.15) is 17.5 Å². The van der Waals surface area contributed by atoms with E-state index >= 15 is 0 Å². The standard InChI is InChI=1S/C36H48N2O6S/c39-34(32-20-21-35-33(38-32)27-43-36(44-35)29-15-4-3-5-16-29)26-37-22-9-1-2-10-23-42-24-11-8-13-28-14-12-19-31(25-28)45(40,41)30-17-6-7-18-30/h3-5,12,14-16,19-21,25,30,34,36-37,39H,1-2,6-11,13,17-18,22-24,26-27H2. The van der Waals surface area contributed by atoms with Gasteiger partial charge in [0.15, 0.2) is 9.84 Å². The summed E-state index contributed by atoms with van der Waals surface area (Å²) in [6.07, 6.45) is 9.64. The van der Waals surface area contributed by atoms with E-state index in [1.807, 2.05) is 60.7 Å². The van der Waals surface area contributed by atoms with Gasteiger partial charge in [-0.05, 0) is 81.3 Å². The Balaban J connectivity index is 0.869. The van der Waals surface area contributed by atoms with Gasteiger partial charge in [-0.3, -0.25) is 0 Å². The number of fused-ring (bicyclic) bond motifs is 1. The summed E-state index contributed by atoms with van der Waals surface area (Å²) in [6, 6.07) is 21.0. The van der Waals surface area contributed by atoms with Crippen LogP contribution in [0.3, 0.4) is 0 Å². The number of ether oxygens (including phenoxy) is 3. The molecule has 8 nitrogen and oxygen atoms in total. The van der Waals surface area contributed by atoms with Crippen molar-refractivity contribution in [2.45, 2.75) is 99.8 Å². The molecule has 0 spiro atoms. The molecule has 0 radical (unpaired) electrons. The molecule has 1 aromatic heterocycles. The summed E-state index contributed by atoms with van der Waals surface area (Å²) in [6.45, 7) is 3.14. The topological polar surface area (TPSA) is 107 Å². The normalized spacial score (nSPS) is 17.6. The molecule has 2 aliphatic rings. The van der Waals surface area contributed by atoms with E-state index in [0.717, 1.165) is 102 Å². The zero-order valence-corrected chi connectivity index (χ0v) is 27.1. The third-order valence-electron chi connectivity index (χ3n) is 8.67. The monoisotopic (exact) mass is 636 g/mol. The summed E-state index contributed by atoms with van der Waals surface area (Å²) >= 11 is 0. The first-order valence-corrected chi connectivity index (χ1v) is 18.2. The van der Waals surface area contributed by atoms with Crippen LogP contribution in [0.4, 0.5) is 0 Å². The first-order valence-electron chi connectivity index (χ1n) is 16.6. The molecule has 1 aliphatic carbocycles. The number of aromatic nitrogens is 1. The fourth-order valence-electron chi connectivity index (χ4n) is 6.04. The van der Waals surface area contributed by atoms with Gasteiger partial charge in [-0.25, -0.2) is 13.4 Å². The van der Waals surface area contributed by atoms with Crippen molar-refractivity contribution in [1.29, 1.82) is 0 Å². The minimum Gasteiger partial charge on any atom is -0.459 e. The van der Waals surface area contributed by atoms with E-state index in [9.17, 15) is 13.5 Å². The Morgan fingerprint density at radius 2 is 1.69 bits per heavy atom. The van der Waals surface area contributed by atoms with Crippen LogP contribution in [0.25, 0.3) is 0 Å². The van der Waals surface area contributed by atoms with Crippen molar-refractivity contribution in [3.8, 4) is 5.75 Å². The molecule has 1 saturated carbocycles. The number of aryl methyl sites for hydroxylation is 1. The van der Waals surface area contributed by atoms with Crippen molar-refractivity contribution in [3.63, 3.8) is 0 Å². The van der Waals surface area contributed by atoms with Gasteiger partial charge in [-0.1, -0.05) is 68.1 Å². The van der Waals surface area contributed by atoms with Crippen molar-refractivity contribution >= 4 is 9.84 Å². The highest BCUT2D eigenvalue weighted by molar-refractivity contribution is 7.92. The van der Waals surface area contributed by atoms with Gasteiger partial charge in [0.05, 0.1) is 22.4 Å². The molecule has 2 heterocycles. The largest absolute Gasteiger partial charge is 0.459 e. The number of aliphatic hydroxyl groups excluding tert-OH is 1. The van der Waals surface area contributed by atoms with Gasteiger partial charge in [-0.2, -0.15) is 0 Å². The van der Waals surface area contributed by atoms with E-state index in [1.54, 1.807) is 6.07 Å². The lowest BCUT2D eigenvalue weighted by Gasteiger charge is -2.26. The minimum absolute atomic E-state index is 0.199. The molecule has 0 saturated heterocycles. The number of benzene rings is 2. The van der Waals surface area contributed by atoms with Crippen molar-refractivity contribution in [2.24, 2.45) is 0 Å². The molecule has 2 aromatic carbocycles. The molecule has 3 aromatic rings. The fraction of sp³-hybridized carbons (Fsp3) is 0.528. The third-order valence-corrected chi connectivity index (χ3v) is 10.9. The molecule has 2 atom stereocenters. The molecule has 0 bridgehead atoms. The van der Waals surface area contributed by atoms with Crippen LogP contribution in [0.2, 0.25) is 0 Å². The maximum Gasteiger partial charge on any atom is 0.227 e. The Morgan fingerprint density at radius 1 is 0.911 bits per heavy atom. The van der Waals surface area contributed by atoms with E-state index in [4.69, 9.17) is 14.2 Å². The van der Waals surface area contributed by atoms with Gasteiger partial charge < -0.3 is 24.6 Å². The average molecular weight is 637 g/mol. The summed E-state index contributed by atoms with van der Waals surface area (Å²) in [4.78, 5) is 5.07. The number of rotatable bonds is 18. The summed E-state index contributed by atoms with van der Waals surface area (Å²) < 4.78 is 43.4. The van der Waals surface area contributed by atoms with E-state index < -0.39 is 22.2 Å². The van der Waals surface area contributed by atoms with Crippen LogP contribution < -0.4 is 10.1 Å². The number of hydrogen-bond acceptors (Lipinski definition) is 8. The van der Waals surface area contributed by atoms with Crippen LogP contribution in [0.15, 0.2) is 71.6 Å². The van der Waals surface area contributed by atoms with Crippen molar-refractivity contribution in [3.05, 3.63) is 89.2 Å². The smallest absolute Gasteiger partial charge is 0.227 e. The molecule has 2 unspecified atom stereocenters. The predicted octanol–water partition coefficient (Wildman–Crippen LogP) is 6.63. The van der Waals surface area contributed by atoms with Crippen LogP contribution in [0.5, 0.6) is 5.75 Å². The van der Waals surface area contributed by atoms with E-state index in [0.29, 0.717) is 35.2 Å². The van der Waals surface area contributed by atoms with Gasteiger partial charge in [0.2, 0.25) is 6.29 Å². The lowest BCUT2D eigenvalue weighted by molar-refractivity contribution is -0.113. The number of sulfone groups is 1. The van der Waals surface area contributed by atoms with Crippen LogP contribution in [0.1, 0.15) is 99.1 Å². The highest BCUT2D eigenvalue weighted by Crippen LogP contribution is 2.33. The quantitative estimate of drug-likeness (QED) is 0.150. The molecular weight excluding hydrogens is 588 g/mol. The molecule has 1 fully saturated rings. The Morgan fingerprint density at radius 3 is 2.51 bits per heavy atom. The second kappa shape index (κ2) is 17.2. The minimum atomic E-state index is -3.19. The predicted molar refractivity (Wildman–Crippen MR) is 175 cm³/mol. The average Bonchev–Trinajstić information content (AvgIpc) is 3.63. The number of pyridine rings is 1. The van der Waals surface area contributed by atoms with Crippen molar-refractivity contribution < 1.29 is 27.7 Å². The third kappa shape index (κ3) is 9.83. The van der Waals surface area contributed by atoms with E-state index in [1.165, 1.54) is 0 Å². The highest BCUT2D eigenvalue weighted by Gasteiger charge is 2.30. The Hall–Kier alpha value is -2.82. The number of unbranched alkanes of at least 4 members (excludes halogenated alkanes) is 4. The molecule has 244 valence electrons. The van der Waals surface area contributed by atoms with Gasteiger partial charge in [0.25, 0.3) is 0 Å². The number of aliphatic hydroxyl groups is 1. The van der Waals surface area contributed by atoms with Crippen molar-refractivity contribution in [1.82, 2.24) is 10.3 Å².